The monoisotopic (exact) mass is 486 g/mol. The third-order valence-electron chi connectivity index (χ3n) is 7.39. The van der Waals surface area contributed by atoms with E-state index >= 15 is 0 Å². The van der Waals surface area contributed by atoms with E-state index in [2.05, 4.69) is 42.3 Å². The van der Waals surface area contributed by atoms with Gasteiger partial charge >= 0.3 is 5.97 Å². The Morgan fingerprint density at radius 2 is 1.83 bits per heavy atom. The summed E-state index contributed by atoms with van der Waals surface area (Å²) in [4.78, 5) is 23.1. The molecule has 1 aromatic heterocycles. The number of aryl methyl sites for hydroxylation is 2. The second-order valence-corrected chi connectivity index (χ2v) is 9.85. The number of nitrogens with one attached hydrogen (secondary N) is 1. The fraction of sp³-hybridized carbons (Fsp3) is 0.393. The van der Waals surface area contributed by atoms with Crippen molar-refractivity contribution in [2.45, 2.75) is 45.1 Å². The molecule has 1 fully saturated rings. The molecule has 0 radical (unpaired) electrons. The van der Waals surface area contributed by atoms with Gasteiger partial charge in [-0.15, -0.1) is 0 Å². The van der Waals surface area contributed by atoms with Gasteiger partial charge in [0.15, 0.2) is 0 Å². The predicted octanol–water partition coefficient (Wildman–Crippen LogP) is 4.86. The predicted molar refractivity (Wildman–Crippen MR) is 137 cm³/mol. The van der Waals surface area contributed by atoms with E-state index in [1.54, 1.807) is 0 Å². The molecule has 2 aromatic carbocycles. The molecule has 6 rings (SSSR count). The minimum Gasteiger partial charge on any atom is -0.493 e. The lowest BCUT2D eigenvalue weighted by Crippen LogP contribution is -2.21. The van der Waals surface area contributed by atoms with Crippen LogP contribution in [0.25, 0.3) is 11.1 Å². The number of ether oxygens (including phenoxy) is 2. The van der Waals surface area contributed by atoms with Crippen molar-refractivity contribution in [1.29, 1.82) is 0 Å². The maximum absolute atomic E-state index is 11.1. The summed E-state index contributed by atoms with van der Waals surface area (Å²) in [6.07, 6.45) is 2.46. The van der Waals surface area contributed by atoms with Crippen LogP contribution in [0.15, 0.2) is 36.4 Å². The lowest BCUT2D eigenvalue weighted by molar-refractivity contribution is -0.137. The minimum atomic E-state index is -0.810. The summed E-state index contributed by atoms with van der Waals surface area (Å²) < 4.78 is 12.0. The Morgan fingerprint density at radius 3 is 2.58 bits per heavy atom. The van der Waals surface area contributed by atoms with Crippen LogP contribution in [0.5, 0.6) is 11.5 Å². The third-order valence-corrected chi connectivity index (χ3v) is 7.39. The van der Waals surface area contributed by atoms with Crippen LogP contribution < -0.4 is 19.7 Å². The molecular formula is C28H30N4O4. The lowest BCUT2D eigenvalue weighted by Gasteiger charge is -2.19. The molecule has 2 N–H and O–H groups in total. The first-order chi connectivity index (χ1) is 17.5. The van der Waals surface area contributed by atoms with E-state index in [1.807, 2.05) is 18.2 Å². The Hall–Kier alpha value is -3.81. The van der Waals surface area contributed by atoms with Crippen molar-refractivity contribution in [3.8, 4) is 22.6 Å². The van der Waals surface area contributed by atoms with E-state index in [1.165, 1.54) is 12.8 Å². The average Bonchev–Trinajstić information content (AvgIpc) is 3.60. The maximum Gasteiger partial charge on any atom is 0.304 e. The van der Waals surface area contributed by atoms with Gasteiger partial charge in [-0.05, 0) is 32.8 Å². The number of nitrogens with zero attached hydrogens (tertiary/aromatic N) is 3. The van der Waals surface area contributed by atoms with E-state index in [4.69, 9.17) is 24.5 Å². The molecule has 0 unspecified atom stereocenters. The average molecular weight is 487 g/mol. The highest BCUT2D eigenvalue weighted by atomic mass is 16.5. The number of benzene rings is 2. The molecule has 36 heavy (non-hydrogen) atoms. The lowest BCUT2D eigenvalue weighted by atomic mass is 9.96. The molecule has 0 amide bonds. The minimum absolute atomic E-state index is 0.0142. The standard InChI is InChI=1S/C28H30N4O4/c1-16-26(17(2)30-28(29-16)32-10-3-4-11-32)22-7-5-6-21-23(15-36-27(21)22)31-19-8-9-20-18(12-25(33)34)14-35-24(20)13-19/h5-9,13,18,23,31H,3-4,10-12,14-15H2,1-2H3,(H,33,34)/t18-,23-/m1/s1. The quantitative estimate of drug-likeness (QED) is 0.510. The van der Waals surface area contributed by atoms with Gasteiger partial charge in [-0.1, -0.05) is 24.3 Å². The highest BCUT2D eigenvalue weighted by molar-refractivity contribution is 5.77. The van der Waals surface area contributed by atoms with Crippen molar-refractivity contribution in [3.63, 3.8) is 0 Å². The normalized spacial score (nSPS) is 20.0. The zero-order chi connectivity index (χ0) is 24.8. The molecule has 3 aliphatic rings. The van der Waals surface area contributed by atoms with Gasteiger partial charge in [0, 0.05) is 53.0 Å². The van der Waals surface area contributed by atoms with Crippen LogP contribution in [0, 0.1) is 13.8 Å². The fourth-order valence-electron chi connectivity index (χ4n) is 5.66. The van der Waals surface area contributed by atoms with Crippen LogP contribution in [0.3, 0.4) is 0 Å². The Labute approximate surface area is 210 Å². The van der Waals surface area contributed by atoms with E-state index in [0.29, 0.717) is 13.2 Å². The highest BCUT2D eigenvalue weighted by Gasteiger charge is 2.30. The molecule has 186 valence electrons. The number of anilines is 2. The SMILES string of the molecule is Cc1nc(N2CCCC2)nc(C)c1-c1cccc2c1OC[C@H]2Nc1ccc2c(c1)OC[C@H]2CC(=O)O. The van der Waals surface area contributed by atoms with Crippen molar-refractivity contribution in [1.82, 2.24) is 9.97 Å². The number of hydrogen-bond acceptors (Lipinski definition) is 7. The van der Waals surface area contributed by atoms with E-state index < -0.39 is 5.97 Å². The largest absolute Gasteiger partial charge is 0.493 e. The molecule has 2 atom stereocenters. The molecule has 0 spiro atoms. The molecule has 1 saturated heterocycles. The zero-order valence-corrected chi connectivity index (χ0v) is 20.6. The van der Waals surface area contributed by atoms with Crippen LogP contribution in [-0.4, -0.2) is 47.3 Å². The summed E-state index contributed by atoms with van der Waals surface area (Å²) in [7, 11) is 0. The number of carboxylic acids is 1. The van der Waals surface area contributed by atoms with Gasteiger partial charge in [-0.2, -0.15) is 0 Å². The fourth-order valence-corrected chi connectivity index (χ4v) is 5.66. The number of rotatable bonds is 6. The number of aliphatic carboxylic acids is 1. The molecule has 0 bridgehead atoms. The molecule has 8 heteroatoms. The summed E-state index contributed by atoms with van der Waals surface area (Å²) in [5.41, 5.74) is 6.95. The van der Waals surface area contributed by atoms with Gasteiger partial charge in [0.2, 0.25) is 5.95 Å². The van der Waals surface area contributed by atoms with E-state index in [9.17, 15) is 4.79 Å². The molecule has 4 heterocycles. The van der Waals surface area contributed by atoms with Gasteiger partial charge in [0.1, 0.15) is 18.1 Å². The van der Waals surface area contributed by atoms with Crippen molar-refractivity contribution in [2.24, 2.45) is 0 Å². The van der Waals surface area contributed by atoms with Crippen LogP contribution >= 0.6 is 0 Å². The van der Waals surface area contributed by atoms with Crippen molar-refractivity contribution in [2.75, 3.05) is 36.5 Å². The first-order valence-electron chi connectivity index (χ1n) is 12.6. The topological polar surface area (TPSA) is 96.8 Å². The summed E-state index contributed by atoms with van der Waals surface area (Å²) >= 11 is 0. The van der Waals surface area contributed by atoms with Gasteiger partial charge in [0.05, 0.1) is 30.5 Å². The molecule has 0 saturated carbocycles. The van der Waals surface area contributed by atoms with Gasteiger partial charge < -0.3 is 24.8 Å². The van der Waals surface area contributed by atoms with E-state index in [0.717, 1.165) is 69.9 Å². The van der Waals surface area contributed by atoms with Gasteiger partial charge in [-0.25, -0.2) is 9.97 Å². The van der Waals surface area contributed by atoms with Gasteiger partial charge in [-0.3, -0.25) is 4.79 Å². The molecule has 3 aliphatic heterocycles. The first-order valence-corrected chi connectivity index (χ1v) is 12.6. The first kappa shape index (κ1) is 22.6. The summed E-state index contributed by atoms with van der Waals surface area (Å²) in [5, 5.41) is 12.7. The van der Waals surface area contributed by atoms with Crippen molar-refractivity contribution < 1.29 is 19.4 Å². The van der Waals surface area contributed by atoms with Crippen LogP contribution in [0.4, 0.5) is 11.6 Å². The Bertz CT molecular complexity index is 1310. The Morgan fingerprint density at radius 1 is 1.06 bits per heavy atom. The second kappa shape index (κ2) is 9.00. The summed E-state index contributed by atoms with van der Waals surface area (Å²) in [6.45, 7) is 7.05. The number of aromatic nitrogens is 2. The summed E-state index contributed by atoms with van der Waals surface area (Å²) in [6, 6.07) is 12.1. The molecule has 8 nitrogen and oxygen atoms in total. The highest BCUT2D eigenvalue weighted by Crippen LogP contribution is 2.44. The Balaban J connectivity index is 1.26. The molecule has 0 aliphatic carbocycles. The van der Waals surface area contributed by atoms with Crippen LogP contribution in [0.2, 0.25) is 0 Å². The van der Waals surface area contributed by atoms with E-state index in [-0.39, 0.29) is 18.4 Å². The van der Waals surface area contributed by atoms with Crippen molar-refractivity contribution >= 4 is 17.6 Å². The Kier molecular flexibility index (Phi) is 5.66. The molecule has 3 aromatic rings. The second-order valence-electron chi connectivity index (χ2n) is 9.85. The third kappa shape index (κ3) is 4.00. The zero-order valence-electron chi connectivity index (χ0n) is 20.6. The number of para-hydroxylation sites is 1. The maximum atomic E-state index is 11.1. The number of fused-ring (bicyclic) bond motifs is 2. The molecular weight excluding hydrogens is 456 g/mol. The van der Waals surface area contributed by atoms with Crippen molar-refractivity contribution in [3.05, 3.63) is 58.9 Å². The van der Waals surface area contributed by atoms with Crippen LogP contribution in [-0.2, 0) is 4.79 Å². The smallest absolute Gasteiger partial charge is 0.304 e. The van der Waals surface area contributed by atoms with Crippen LogP contribution in [0.1, 0.15) is 53.7 Å². The summed E-state index contributed by atoms with van der Waals surface area (Å²) in [5.74, 6) is 1.54. The number of carbonyl (C=O) groups is 1. The van der Waals surface area contributed by atoms with Gasteiger partial charge in [0.25, 0.3) is 0 Å². The number of hydrogen-bond donors (Lipinski definition) is 2. The number of carboxylic acid groups (broad SMARTS) is 1.